The van der Waals surface area contributed by atoms with Gasteiger partial charge in [0.25, 0.3) is 0 Å². The van der Waals surface area contributed by atoms with Crippen LogP contribution in [0.3, 0.4) is 0 Å². The highest BCUT2D eigenvalue weighted by atomic mass is 32.2. The van der Waals surface area contributed by atoms with Gasteiger partial charge in [-0.2, -0.15) is 0 Å². The Morgan fingerprint density at radius 1 is 1.12 bits per heavy atom. The number of hydrogen-bond acceptors (Lipinski definition) is 6. The van der Waals surface area contributed by atoms with Crippen molar-refractivity contribution in [1.29, 1.82) is 0 Å². The third-order valence-electron chi connectivity index (χ3n) is 3.42. The average Bonchev–Trinajstić information content (AvgIpc) is 2.57. The molecule has 3 aromatic rings. The van der Waals surface area contributed by atoms with Crippen molar-refractivity contribution in [1.82, 2.24) is 9.97 Å². The third-order valence-corrected chi connectivity index (χ3v) is 4.41. The molecule has 124 valence electrons. The first-order valence-corrected chi connectivity index (χ1v) is 8.62. The second-order valence-corrected chi connectivity index (χ2v) is 6.49. The van der Waals surface area contributed by atoms with Gasteiger partial charge in [-0.25, -0.2) is 9.97 Å². The van der Waals surface area contributed by atoms with Gasteiger partial charge in [0.15, 0.2) is 5.16 Å². The number of thioether (sulfide) groups is 1. The van der Waals surface area contributed by atoms with E-state index in [9.17, 15) is 5.11 Å². The molecule has 3 N–H and O–H groups in total. The van der Waals surface area contributed by atoms with Crippen molar-refractivity contribution in [3.8, 4) is 5.75 Å². The number of rotatable bonds is 6. The maximum Gasteiger partial charge on any atom is 0.189 e. The molecule has 24 heavy (non-hydrogen) atoms. The highest BCUT2D eigenvalue weighted by Crippen LogP contribution is 2.21. The molecule has 0 saturated carbocycles. The molecule has 0 aliphatic carbocycles. The summed E-state index contributed by atoms with van der Waals surface area (Å²) in [6.45, 7) is 2.08. The lowest BCUT2D eigenvalue weighted by molar-refractivity contribution is 0.126. The number of anilines is 1. The summed E-state index contributed by atoms with van der Waals surface area (Å²) >= 11 is 1.36. The minimum absolute atomic E-state index is 0.215. The number of fused-ring (bicyclic) bond motifs is 1. The van der Waals surface area contributed by atoms with E-state index in [1.807, 2.05) is 43.3 Å². The summed E-state index contributed by atoms with van der Waals surface area (Å²) in [5, 5.41) is 12.9. The topological polar surface area (TPSA) is 81.3 Å². The molecule has 6 heteroatoms. The molecule has 5 nitrogen and oxygen atoms in total. The molecule has 1 aromatic heterocycles. The number of hydrogen-bond donors (Lipinski definition) is 2. The molecule has 0 amide bonds. The van der Waals surface area contributed by atoms with Gasteiger partial charge in [-0.3, -0.25) is 0 Å². The molecule has 1 atom stereocenters. The summed E-state index contributed by atoms with van der Waals surface area (Å²) in [4.78, 5) is 8.41. The fraction of sp³-hybridized carbons (Fsp3) is 0.222. The summed E-state index contributed by atoms with van der Waals surface area (Å²) in [5.74, 6) is 1.62. The molecule has 2 aromatic carbocycles. The van der Waals surface area contributed by atoms with Gasteiger partial charge in [0.2, 0.25) is 0 Å². The van der Waals surface area contributed by atoms with Crippen molar-refractivity contribution in [3.63, 3.8) is 0 Å². The minimum Gasteiger partial charge on any atom is -0.491 e. The number of benzene rings is 2. The molecule has 0 aliphatic rings. The van der Waals surface area contributed by atoms with Gasteiger partial charge in [0.1, 0.15) is 18.2 Å². The van der Waals surface area contributed by atoms with Gasteiger partial charge < -0.3 is 15.6 Å². The molecule has 0 fully saturated rings. The highest BCUT2D eigenvalue weighted by molar-refractivity contribution is 7.99. The first-order chi connectivity index (χ1) is 11.6. The number of aromatic nitrogens is 2. The predicted octanol–water partition coefficient (Wildman–Crippen LogP) is 3.05. The zero-order chi connectivity index (χ0) is 16.9. The SMILES string of the molecule is Cc1cc(N)nc(SCC(O)COc2ccc3ccccc3c2)n1. The van der Waals surface area contributed by atoms with E-state index in [1.165, 1.54) is 11.8 Å². The van der Waals surface area contributed by atoms with Crippen molar-refractivity contribution in [3.05, 3.63) is 54.2 Å². The lowest BCUT2D eigenvalue weighted by Crippen LogP contribution is -2.20. The van der Waals surface area contributed by atoms with Crippen LogP contribution in [-0.4, -0.2) is 33.5 Å². The fourth-order valence-corrected chi connectivity index (χ4v) is 3.11. The molecule has 0 saturated heterocycles. The molecular formula is C18H19N3O2S. The Kier molecular flexibility index (Phi) is 5.17. The Labute approximate surface area is 144 Å². The zero-order valence-corrected chi connectivity index (χ0v) is 14.2. The van der Waals surface area contributed by atoms with E-state index in [1.54, 1.807) is 6.07 Å². The van der Waals surface area contributed by atoms with E-state index in [-0.39, 0.29) is 6.61 Å². The first kappa shape index (κ1) is 16.5. The summed E-state index contributed by atoms with van der Waals surface area (Å²) < 4.78 is 5.68. The highest BCUT2D eigenvalue weighted by Gasteiger charge is 2.09. The molecule has 1 heterocycles. The van der Waals surface area contributed by atoms with E-state index in [0.717, 1.165) is 22.2 Å². The van der Waals surface area contributed by atoms with E-state index in [0.29, 0.717) is 16.7 Å². The Hall–Kier alpha value is -2.31. The first-order valence-electron chi connectivity index (χ1n) is 7.64. The van der Waals surface area contributed by atoms with Crippen molar-refractivity contribution in [2.24, 2.45) is 0 Å². The van der Waals surface area contributed by atoms with Crippen molar-refractivity contribution in [2.45, 2.75) is 18.2 Å². The second kappa shape index (κ2) is 7.51. The standard InChI is InChI=1S/C18H19N3O2S/c1-12-8-17(19)21-18(20-12)24-11-15(22)10-23-16-7-6-13-4-2-3-5-14(13)9-16/h2-9,15,22H,10-11H2,1H3,(H2,19,20,21). The molecule has 0 spiro atoms. The van der Waals surface area contributed by atoms with Gasteiger partial charge >= 0.3 is 0 Å². The van der Waals surface area contributed by atoms with Gasteiger partial charge in [-0.15, -0.1) is 0 Å². The summed E-state index contributed by atoms with van der Waals surface area (Å²) in [6, 6.07) is 15.7. The largest absolute Gasteiger partial charge is 0.491 e. The van der Waals surface area contributed by atoms with Crippen LogP contribution in [-0.2, 0) is 0 Å². The number of nitrogen functional groups attached to an aromatic ring is 1. The van der Waals surface area contributed by atoms with E-state index in [2.05, 4.69) is 16.0 Å². The Morgan fingerprint density at radius 3 is 2.71 bits per heavy atom. The van der Waals surface area contributed by atoms with Gasteiger partial charge in [0, 0.05) is 17.5 Å². The van der Waals surface area contributed by atoms with Crippen LogP contribution >= 0.6 is 11.8 Å². The van der Waals surface area contributed by atoms with Crippen LogP contribution in [0.5, 0.6) is 5.75 Å². The van der Waals surface area contributed by atoms with Crippen molar-refractivity contribution >= 4 is 28.4 Å². The van der Waals surface area contributed by atoms with Gasteiger partial charge in [-0.05, 0) is 29.8 Å². The smallest absolute Gasteiger partial charge is 0.189 e. The van der Waals surface area contributed by atoms with E-state index in [4.69, 9.17) is 10.5 Å². The number of nitrogens with two attached hydrogens (primary N) is 1. The maximum atomic E-state index is 10.1. The second-order valence-electron chi connectivity index (χ2n) is 5.50. The average molecular weight is 341 g/mol. The van der Waals surface area contributed by atoms with Gasteiger partial charge in [-0.1, -0.05) is 42.1 Å². The molecule has 0 aliphatic heterocycles. The van der Waals surface area contributed by atoms with Crippen LogP contribution in [0.4, 0.5) is 5.82 Å². The molecule has 3 rings (SSSR count). The lowest BCUT2D eigenvalue weighted by Gasteiger charge is -2.12. The minimum atomic E-state index is -0.619. The van der Waals surface area contributed by atoms with Crippen LogP contribution in [0.15, 0.2) is 53.7 Å². The fourth-order valence-electron chi connectivity index (χ4n) is 2.30. The maximum absolute atomic E-state index is 10.1. The van der Waals surface area contributed by atoms with Crippen molar-refractivity contribution in [2.75, 3.05) is 18.1 Å². The van der Waals surface area contributed by atoms with Crippen LogP contribution < -0.4 is 10.5 Å². The summed E-state index contributed by atoms with van der Waals surface area (Å²) in [6.07, 6.45) is -0.619. The number of nitrogens with zero attached hydrogens (tertiary/aromatic N) is 2. The van der Waals surface area contributed by atoms with E-state index < -0.39 is 6.10 Å². The van der Waals surface area contributed by atoms with Crippen LogP contribution in [0.2, 0.25) is 0 Å². The van der Waals surface area contributed by atoms with Crippen LogP contribution in [0.1, 0.15) is 5.69 Å². The third kappa shape index (κ3) is 4.37. The lowest BCUT2D eigenvalue weighted by atomic mass is 10.1. The number of ether oxygens (including phenoxy) is 1. The molecule has 0 bridgehead atoms. The Bertz CT molecular complexity index is 821. The molecule has 0 radical (unpaired) electrons. The number of aryl methyl sites for hydroxylation is 1. The van der Waals surface area contributed by atoms with Crippen molar-refractivity contribution < 1.29 is 9.84 Å². The number of aliphatic hydroxyl groups is 1. The Balaban J connectivity index is 1.53. The van der Waals surface area contributed by atoms with E-state index >= 15 is 0 Å². The van der Waals surface area contributed by atoms with Crippen LogP contribution in [0, 0.1) is 6.92 Å². The van der Waals surface area contributed by atoms with Gasteiger partial charge in [0.05, 0.1) is 6.10 Å². The molecule has 1 unspecified atom stereocenters. The quantitative estimate of drug-likeness (QED) is 0.530. The zero-order valence-electron chi connectivity index (χ0n) is 13.3. The predicted molar refractivity (Wildman–Crippen MR) is 97.4 cm³/mol. The monoisotopic (exact) mass is 341 g/mol. The summed E-state index contributed by atoms with van der Waals surface area (Å²) in [5.41, 5.74) is 6.51. The Morgan fingerprint density at radius 2 is 1.92 bits per heavy atom. The number of aliphatic hydroxyl groups excluding tert-OH is 1. The summed E-state index contributed by atoms with van der Waals surface area (Å²) in [7, 11) is 0. The van der Waals surface area contributed by atoms with Crippen LogP contribution in [0.25, 0.3) is 10.8 Å². The molecular weight excluding hydrogens is 322 g/mol. The normalized spacial score (nSPS) is 12.2.